The summed E-state index contributed by atoms with van der Waals surface area (Å²) in [5.74, 6) is 0.873. The molecule has 0 aliphatic carbocycles. The zero-order valence-electron chi connectivity index (χ0n) is 5.86. The summed E-state index contributed by atoms with van der Waals surface area (Å²) in [5.41, 5.74) is 0. The molecule has 0 radical (unpaired) electrons. The molecule has 0 unspecified atom stereocenters. The fraction of sp³-hybridized carbons (Fsp3) is 0.143. The van der Waals surface area contributed by atoms with Gasteiger partial charge in [0, 0.05) is 18.6 Å². The van der Waals surface area contributed by atoms with Gasteiger partial charge in [0.25, 0.3) is 0 Å². The molecule has 0 aromatic carbocycles. The topological polar surface area (TPSA) is 30.2 Å². The SMILES string of the molecule is C=C/C=N\n1ccnc1C. The molecule has 0 aliphatic rings. The Morgan fingerprint density at radius 3 is 3.10 bits per heavy atom. The van der Waals surface area contributed by atoms with Gasteiger partial charge in [-0.05, 0) is 13.0 Å². The van der Waals surface area contributed by atoms with Gasteiger partial charge in [-0.15, -0.1) is 0 Å². The lowest BCUT2D eigenvalue weighted by Crippen LogP contribution is -1.89. The van der Waals surface area contributed by atoms with E-state index >= 15 is 0 Å². The maximum absolute atomic E-state index is 4.00. The monoisotopic (exact) mass is 135 g/mol. The minimum absolute atomic E-state index is 0.873. The third-order valence-corrected chi connectivity index (χ3v) is 1.10. The fourth-order valence-corrected chi connectivity index (χ4v) is 0.612. The van der Waals surface area contributed by atoms with Crippen LogP contribution in [0.2, 0.25) is 0 Å². The summed E-state index contributed by atoms with van der Waals surface area (Å²) in [7, 11) is 0. The zero-order valence-corrected chi connectivity index (χ0v) is 5.86. The van der Waals surface area contributed by atoms with Crippen LogP contribution >= 0.6 is 0 Å². The van der Waals surface area contributed by atoms with Crippen LogP contribution in [-0.2, 0) is 0 Å². The van der Waals surface area contributed by atoms with Crippen LogP contribution < -0.4 is 0 Å². The van der Waals surface area contributed by atoms with Gasteiger partial charge in [-0.3, -0.25) is 0 Å². The van der Waals surface area contributed by atoms with Crippen LogP contribution in [0.1, 0.15) is 5.82 Å². The molecular formula is C7H9N3. The van der Waals surface area contributed by atoms with E-state index in [9.17, 15) is 0 Å². The van der Waals surface area contributed by atoms with Crippen LogP contribution in [0.15, 0.2) is 30.2 Å². The van der Waals surface area contributed by atoms with E-state index in [0.29, 0.717) is 0 Å². The van der Waals surface area contributed by atoms with Crippen molar-refractivity contribution in [2.24, 2.45) is 5.10 Å². The van der Waals surface area contributed by atoms with Crippen LogP contribution in [0.5, 0.6) is 0 Å². The van der Waals surface area contributed by atoms with E-state index in [1.807, 2.05) is 6.92 Å². The Hall–Kier alpha value is -1.38. The molecule has 3 heteroatoms. The average Bonchev–Trinajstić information content (AvgIpc) is 2.31. The largest absolute Gasteiger partial charge is 0.240 e. The third kappa shape index (κ3) is 1.31. The summed E-state index contributed by atoms with van der Waals surface area (Å²) in [6, 6.07) is 0. The van der Waals surface area contributed by atoms with Crippen molar-refractivity contribution in [1.82, 2.24) is 9.66 Å². The fourth-order valence-electron chi connectivity index (χ4n) is 0.612. The quantitative estimate of drug-likeness (QED) is 0.560. The molecule has 52 valence electrons. The summed E-state index contributed by atoms with van der Waals surface area (Å²) in [4.78, 5) is 3.98. The highest BCUT2D eigenvalue weighted by Crippen LogP contribution is 1.92. The molecule has 0 amide bonds. The van der Waals surface area contributed by atoms with Crippen LogP contribution in [0, 0.1) is 6.92 Å². The van der Waals surface area contributed by atoms with Crippen molar-refractivity contribution in [3.8, 4) is 0 Å². The summed E-state index contributed by atoms with van der Waals surface area (Å²) in [5, 5.41) is 4.00. The predicted molar refractivity (Wildman–Crippen MR) is 41.1 cm³/mol. The number of hydrogen-bond donors (Lipinski definition) is 0. The number of aromatic nitrogens is 2. The number of imidazole rings is 1. The molecule has 0 saturated heterocycles. The lowest BCUT2D eigenvalue weighted by molar-refractivity contribution is 0.833. The molecule has 1 rings (SSSR count). The molecule has 0 atom stereocenters. The Bertz CT molecular complexity index is 247. The number of aryl methyl sites for hydroxylation is 1. The normalized spacial score (nSPS) is 10.5. The number of hydrogen-bond acceptors (Lipinski definition) is 2. The van der Waals surface area contributed by atoms with E-state index in [-0.39, 0.29) is 0 Å². The second kappa shape index (κ2) is 2.96. The Labute approximate surface area is 59.7 Å². The van der Waals surface area contributed by atoms with Gasteiger partial charge in [-0.25, -0.2) is 9.66 Å². The van der Waals surface area contributed by atoms with Crippen molar-refractivity contribution < 1.29 is 0 Å². The molecule has 3 nitrogen and oxygen atoms in total. The first-order valence-corrected chi connectivity index (χ1v) is 3.00. The van der Waals surface area contributed by atoms with Crippen molar-refractivity contribution in [3.63, 3.8) is 0 Å². The van der Waals surface area contributed by atoms with Gasteiger partial charge in [0.15, 0.2) is 0 Å². The summed E-state index contributed by atoms with van der Waals surface area (Å²) in [6.07, 6.45) is 6.74. The van der Waals surface area contributed by atoms with E-state index in [1.54, 1.807) is 29.4 Å². The second-order valence-corrected chi connectivity index (χ2v) is 1.82. The summed E-state index contributed by atoms with van der Waals surface area (Å²) < 4.78 is 1.68. The van der Waals surface area contributed by atoms with Gasteiger partial charge in [0.05, 0.1) is 0 Å². The molecule has 0 aliphatic heterocycles. The van der Waals surface area contributed by atoms with Crippen molar-refractivity contribution >= 4 is 6.21 Å². The van der Waals surface area contributed by atoms with Gasteiger partial charge in [0.2, 0.25) is 0 Å². The van der Waals surface area contributed by atoms with Crippen LogP contribution in [-0.4, -0.2) is 15.9 Å². The Morgan fingerprint density at radius 2 is 2.60 bits per heavy atom. The second-order valence-electron chi connectivity index (χ2n) is 1.82. The van der Waals surface area contributed by atoms with E-state index < -0.39 is 0 Å². The van der Waals surface area contributed by atoms with Crippen LogP contribution in [0.25, 0.3) is 0 Å². The highest BCUT2D eigenvalue weighted by molar-refractivity contribution is 5.69. The smallest absolute Gasteiger partial charge is 0.126 e. The standard InChI is InChI=1S/C7H9N3/c1-3-4-9-10-6-5-8-7(10)2/h3-6H,1H2,2H3/b9-4-. The number of nitrogens with zero attached hydrogens (tertiary/aromatic N) is 3. The van der Waals surface area contributed by atoms with Gasteiger partial charge < -0.3 is 0 Å². The molecule has 0 spiro atoms. The first-order valence-electron chi connectivity index (χ1n) is 3.00. The van der Waals surface area contributed by atoms with E-state index in [0.717, 1.165) is 5.82 Å². The molecular weight excluding hydrogens is 126 g/mol. The number of rotatable bonds is 2. The maximum Gasteiger partial charge on any atom is 0.126 e. The predicted octanol–water partition coefficient (Wildman–Crippen LogP) is 1.21. The molecule has 0 N–H and O–H groups in total. The van der Waals surface area contributed by atoms with Gasteiger partial charge in [-0.1, -0.05) is 6.58 Å². The first-order chi connectivity index (χ1) is 4.84. The van der Waals surface area contributed by atoms with Crippen molar-refractivity contribution in [1.29, 1.82) is 0 Å². The lowest BCUT2D eigenvalue weighted by Gasteiger charge is -1.91. The molecule has 0 saturated carbocycles. The Morgan fingerprint density at radius 1 is 1.80 bits per heavy atom. The van der Waals surface area contributed by atoms with Gasteiger partial charge in [-0.2, -0.15) is 5.10 Å². The minimum atomic E-state index is 0.873. The molecule has 1 aromatic rings. The number of allylic oxidation sites excluding steroid dienone is 1. The molecule has 10 heavy (non-hydrogen) atoms. The lowest BCUT2D eigenvalue weighted by atomic mass is 10.7. The first kappa shape index (κ1) is 6.74. The Kier molecular flexibility index (Phi) is 1.99. The maximum atomic E-state index is 4.00. The Balaban J connectivity index is 2.83. The van der Waals surface area contributed by atoms with Gasteiger partial charge in [0.1, 0.15) is 5.82 Å². The molecule has 1 heterocycles. The summed E-state index contributed by atoms with van der Waals surface area (Å²) in [6.45, 7) is 5.40. The van der Waals surface area contributed by atoms with E-state index in [4.69, 9.17) is 0 Å². The third-order valence-electron chi connectivity index (χ3n) is 1.10. The van der Waals surface area contributed by atoms with Crippen molar-refractivity contribution in [2.75, 3.05) is 0 Å². The molecule has 1 aromatic heterocycles. The van der Waals surface area contributed by atoms with E-state index in [2.05, 4.69) is 16.7 Å². The van der Waals surface area contributed by atoms with Crippen LogP contribution in [0.3, 0.4) is 0 Å². The van der Waals surface area contributed by atoms with Crippen molar-refractivity contribution in [2.45, 2.75) is 6.92 Å². The van der Waals surface area contributed by atoms with Gasteiger partial charge >= 0.3 is 0 Å². The highest BCUT2D eigenvalue weighted by atomic mass is 15.4. The average molecular weight is 135 g/mol. The summed E-state index contributed by atoms with van der Waals surface area (Å²) >= 11 is 0. The van der Waals surface area contributed by atoms with Crippen molar-refractivity contribution in [3.05, 3.63) is 30.9 Å². The zero-order chi connectivity index (χ0) is 7.40. The molecule has 0 bridgehead atoms. The molecule has 0 fully saturated rings. The van der Waals surface area contributed by atoms with Crippen LogP contribution in [0.4, 0.5) is 0 Å². The highest BCUT2D eigenvalue weighted by Gasteiger charge is 1.88. The van der Waals surface area contributed by atoms with E-state index in [1.165, 1.54) is 0 Å². The minimum Gasteiger partial charge on any atom is -0.240 e.